The quantitative estimate of drug-likeness (QED) is 0.643. The molecule has 1 aromatic heterocycles. The van der Waals surface area contributed by atoms with Crippen LogP contribution in [0.1, 0.15) is 24.4 Å². The van der Waals surface area contributed by atoms with Gasteiger partial charge < -0.3 is 19.8 Å². The zero-order valence-corrected chi connectivity index (χ0v) is 15.7. The number of hydrogen-bond acceptors (Lipinski definition) is 6. The van der Waals surface area contributed by atoms with E-state index in [2.05, 4.69) is 10.6 Å². The van der Waals surface area contributed by atoms with Crippen molar-refractivity contribution in [3.8, 4) is 0 Å². The van der Waals surface area contributed by atoms with Crippen molar-refractivity contribution in [2.75, 3.05) is 10.6 Å². The molecule has 1 atom stereocenters. The zero-order chi connectivity index (χ0) is 21.0. The summed E-state index contributed by atoms with van der Waals surface area (Å²) in [6.45, 7) is 2.79. The predicted octanol–water partition coefficient (Wildman–Crippen LogP) is 2.94. The molecule has 0 unspecified atom stereocenters. The number of nitrogens with one attached hydrogen (secondary N) is 2. The SMILES string of the molecule is CC(=O)Nc1ccc(NC(=O)[C@H](C)OC(=O)c2cc(=O)c3ccccc3o2)cc1. The molecule has 0 bridgehead atoms. The molecule has 0 spiro atoms. The second-order valence-electron chi connectivity index (χ2n) is 6.27. The maximum atomic E-state index is 12.3. The number of para-hydroxylation sites is 1. The van der Waals surface area contributed by atoms with E-state index in [0.717, 1.165) is 6.07 Å². The molecule has 3 aromatic rings. The van der Waals surface area contributed by atoms with Crippen molar-refractivity contribution in [1.82, 2.24) is 0 Å². The van der Waals surface area contributed by atoms with Gasteiger partial charge in [-0.15, -0.1) is 0 Å². The van der Waals surface area contributed by atoms with E-state index in [9.17, 15) is 19.2 Å². The topological polar surface area (TPSA) is 115 Å². The Morgan fingerprint density at radius 2 is 1.59 bits per heavy atom. The molecule has 2 amide bonds. The van der Waals surface area contributed by atoms with Crippen LogP contribution in [0, 0.1) is 0 Å². The minimum Gasteiger partial charge on any atom is -0.449 e. The average Bonchev–Trinajstić information content (AvgIpc) is 2.69. The molecule has 2 N–H and O–H groups in total. The molecule has 0 fully saturated rings. The number of anilines is 2. The minimum atomic E-state index is -1.13. The van der Waals surface area contributed by atoms with E-state index in [-0.39, 0.29) is 22.7 Å². The number of ether oxygens (including phenoxy) is 1. The van der Waals surface area contributed by atoms with Gasteiger partial charge in [0.05, 0.1) is 5.39 Å². The van der Waals surface area contributed by atoms with Crippen molar-refractivity contribution < 1.29 is 23.5 Å². The van der Waals surface area contributed by atoms with Crippen LogP contribution in [0.4, 0.5) is 11.4 Å². The van der Waals surface area contributed by atoms with Gasteiger partial charge in [-0.2, -0.15) is 0 Å². The molecule has 1 heterocycles. The summed E-state index contributed by atoms with van der Waals surface area (Å²) in [7, 11) is 0. The van der Waals surface area contributed by atoms with Gasteiger partial charge in [0, 0.05) is 24.4 Å². The Morgan fingerprint density at radius 1 is 0.966 bits per heavy atom. The van der Waals surface area contributed by atoms with Gasteiger partial charge in [0.1, 0.15) is 5.58 Å². The lowest BCUT2D eigenvalue weighted by Crippen LogP contribution is -2.30. The van der Waals surface area contributed by atoms with Gasteiger partial charge >= 0.3 is 5.97 Å². The highest BCUT2D eigenvalue weighted by Crippen LogP contribution is 2.15. The fourth-order valence-corrected chi connectivity index (χ4v) is 2.56. The number of carbonyl (C=O) groups excluding carboxylic acids is 3. The highest BCUT2D eigenvalue weighted by molar-refractivity contribution is 5.97. The number of amides is 2. The highest BCUT2D eigenvalue weighted by atomic mass is 16.6. The maximum absolute atomic E-state index is 12.3. The molecule has 0 radical (unpaired) electrons. The van der Waals surface area contributed by atoms with Gasteiger partial charge in [-0.3, -0.25) is 14.4 Å². The van der Waals surface area contributed by atoms with Crippen molar-refractivity contribution in [3.63, 3.8) is 0 Å². The van der Waals surface area contributed by atoms with Gasteiger partial charge in [0.25, 0.3) is 5.91 Å². The van der Waals surface area contributed by atoms with Crippen LogP contribution in [0.25, 0.3) is 11.0 Å². The number of carbonyl (C=O) groups is 3. The van der Waals surface area contributed by atoms with E-state index in [1.807, 2.05) is 0 Å². The van der Waals surface area contributed by atoms with Gasteiger partial charge in [0.15, 0.2) is 11.5 Å². The number of hydrogen-bond donors (Lipinski definition) is 2. The monoisotopic (exact) mass is 394 g/mol. The van der Waals surface area contributed by atoms with Crippen molar-refractivity contribution in [2.24, 2.45) is 0 Å². The van der Waals surface area contributed by atoms with E-state index in [0.29, 0.717) is 16.8 Å². The number of benzene rings is 2. The van der Waals surface area contributed by atoms with E-state index in [4.69, 9.17) is 9.15 Å². The number of rotatable bonds is 5. The van der Waals surface area contributed by atoms with Gasteiger partial charge in [-0.25, -0.2) is 4.79 Å². The molecule has 148 valence electrons. The normalized spacial score (nSPS) is 11.5. The Morgan fingerprint density at radius 3 is 2.24 bits per heavy atom. The van der Waals surface area contributed by atoms with Gasteiger partial charge in [-0.05, 0) is 43.3 Å². The summed E-state index contributed by atoms with van der Waals surface area (Å²) in [6.07, 6.45) is -1.13. The second-order valence-corrected chi connectivity index (χ2v) is 6.27. The first kappa shape index (κ1) is 19.8. The Hall–Kier alpha value is -3.94. The van der Waals surface area contributed by atoms with E-state index < -0.39 is 18.0 Å². The first-order valence-electron chi connectivity index (χ1n) is 8.76. The number of fused-ring (bicyclic) bond motifs is 1. The third-order valence-corrected chi connectivity index (χ3v) is 3.96. The van der Waals surface area contributed by atoms with Crippen molar-refractivity contribution in [3.05, 3.63) is 70.6 Å². The third-order valence-electron chi connectivity index (χ3n) is 3.96. The first-order valence-corrected chi connectivity index (χ1v) is 8.76. The molecule has 3 rings (SSSR count). The summed E-state index contributed by atoms with van der Waals surface area (Å²) in [4.78, 5) is 47.7. The first-order chi connectivity index (χ1) is 13.8. The van der Waals surface area contributed by atoms with E-state index >= 15 is 0 Å². The van der Waals surface area contributed by atoms with Crippen molar-refractivity contribution in [1.29, 1.82) is 0 Å². The fraction of sp³-hybridized carbons (Fsp3) is 0.143. The van der Waals surface area contributed by atoms with Crippen LogP contribution in [0.2, 0.25) is 0 Å². The van der Waals surface area contributed by atoms with Crippen LogP contribution in [0.3, 0.4) is 0 Å². The summed E-state index contributed by atoms with van der Waals surface area (Å²) >= 11 is 0. The Kier molecular flexibility index (Phi) is 5.73. The summed E-state index contributed by atoms with van der Waals surface area (Å²) in [6, 6.07) is 14.0. The maximum Gasteiger partial charge on any atom is 0.375 e. The lowest BCUT2D eigenvalue weighted by atomic mass is 10.2. The van der Waals surface area contributed by atoms with Crippen LogP contribution < -0.4 is 16.1 Å². The molecule has 0 aliphatic rings. The van der Waals surface area contributed by atoms with Crippen molar-refractivity contribution >= 4 is 40.1 Å². The lowest BCUT2D eigenvalue weighted by molar-refractivity contribution is -0.123. The molecule has 2 aromatic carbocycles. The average molecular weight is 394 g/mol. The summed E-state index contributed by atoms with van der Waals surface area (Å²) in [5, 5.41) is 5.56. The standard InChI is InChI=1S/C21H18N2O6/c1-12(20(26)23-15-9-7-14(8-10-15)22-13(2)24)28-21(27)19-11-17(25)16-5-3-4-6-18(16)29-19/h3-12H,1-2H3,(H,22,24)(H,23,26)/t12-/m0/s1. The largest absolute Gasteiger partial charge is 0.449 e. The molecule has 8 heteroatoms. The Bertz CT molecular complexity index is 1130. The van der Waals surface area contributed by atoms with Crippen LogP contribution in [0.15, 0.2) is 63.8 Å². The highest BCUT2D eigenvalue weighted by Gasteiger charge is 2.21. The summed E-state index contributed by atoms with van der Waals surface area (Å²) in [5.74, 6) is -1.97. The van der Waals surface area contributed by atoms with Gasteiger partial charge in [-0.1, -0.05) is 12.1 Å². The number of esters is 1. The molecular weight excluding hydrogens is 376 g/mol. The molecular formula is C21H18N2O6. The Labute approximate surface area is 165 Å². The van der Waals surface area contributed by atoms with Crippen molar-refractivity contribution in [2.45, 2.75) is 20.0 Å². The minimum absolute atomic E-state index is 0.206. The van der Waals surface area contributed by atoms with Gasteiger partial charge in [0.2, 0.25) is 11.7 Å². The predicted molar refractivity (Wildman–Crippen MR) is 107 cm³/mol. The summed E-state index contributed by atoms with van der Waals surface area (Å²) < 4.78 is 10.5. The molecule has 0 saturated carbocycles. The van der Waals surface area contributed by atoms with E-state index in [1.54, 1.807) is 48.5 Å². The van der Waals surface area contributed by atoms with Crippen LogP contribution in [0.5, 0.6) is 0 Å². The molecule has 8 nitrogen and oxygen atoms in total. The molecule has 0 aliphatic carbocycles. The van der Waals surface area contributed by atoms with E-state index in [1.165, 1.54) is 13.8 Å². The van der Waals surface area contributed by atoms with Crippen LogP contribution in [-0.4, -0.2) is 23.9 Å². The smallest absolute Gasteiger partial charge is 0.375 e. The lowest BCUT2D eigenvalue weighted by Gasteiger charge is -2.13. The zero-order valence-electron chi connectivity index (χ0n) is 15.7. The second kappa shape index (κ2) is 8.39. The Balaban J connectivity index is 1.65. The van der Waals surface area contributed by atoms with Crippen LogP contribution >= 0.6 is 0 Å². The fourth-order valence-electron chi connectivity index (χ4n) is 2.56. The molecule has 0 aliphatic heterocycles. The van der Waals surface area contributed by atoms with Crippen LogP contribution in [-0.2, 0) is 14.3 Å². The molecule has 29 heavy (non-hydrogen) atoms. The summed E-state index contributed by atoms with van der Waals surface area (Å²) in [5.41, 5.74) is 0.920. The third kappa shape index (κ3) is 4.86. The molecule has 0 saturated heterocycles.